The van der Waals surface area contributed by atoms with Gasteiger partial charge in [-0.25, -0.2) is 0 Å². The van der Waals surface area contributed by atoms with Crippen molar-refractivity contribution < 1.29 is 29.3 Å². The third-order valence-corrected chi connectivity index (χ3v) is 3.17. The summed E-state index contributed by atoms with van der Waals surface area (Å²) in [5, 5.41) is 20.5. The highest BCUT2D eigenvalue weighted by molar-refractivity contribution is 5.74. The fourth-order valence-electron chi connectivity index (χ4n) is 1.52. The Bertz CT molecular complexity index is 328. The van der Waals surface area contributed by atoms with Crippen LogP contribution in [0.3, 0.4) is 0 Å². The predicted molar refractivity (Wildman–Crippen MR) is 76.9 cm³/mol. The van der Waals surface area contributed by atoms with Gasteiger partial charge in [0, 0.05) is 0 Å². The molecule has 0 rings (SSSR count). The summed E-state index contributed by atoms with van der Waals surface area (Å²) in [7, 11) is 0. The van der Waals surface area contributed by atoms with E-state index in [1.54, 1.807) is 27.7 Å². The number of hydrogen-bond donors (Lipinski definition) is 2. The summed E-state index contributed by atoms with van der Waals surface area (Å²) in [5.41, 5.74) is 0. The number of esters is 2. The van der Waals surface area contributed by atoms with Gasteiger partial charge in [0.25, 0.3) is 0 Å². The zero-order valence-electron chi connectivity index (χ0n) is 13.8. The Kier molecular flexibility index (Phi) is 7.89. The molecule has 0 aromatic carbocycles. The zero-order chi connectivity index (χ0) is 16.8. The van der Waals surface area contributed by atoms with Crippen molar-refractivity contribution >= 4 is 11.9 Å². The van der Waals surface area contributed by atoms with Gasteiger partial charge in [-0.05, 0) is 13.3 Å². The number of rotatable bonds is 8. The molecule has 0 bridgehead atoms. The molecule has 0 spiro atoms. The van der Waals surface area contributed by atoms with Gasteiger partial charge < -0.3 is 19.7 Å². The van der Waals surface area contributed by atoms with Gasteiger partial charge in [0.15, 0.2) is 0 Å². The smallest absolute Gasteiger partial charge is 0.378 e. The van der Waals surface area contributed by atoms with Gasteiger partial charge in [-0.1, -0.05) is 41.0 Å². The largest absolute Gasteiger partial charge is 0.398 e. The second-order valence-corrected chi connectivity index (χ2v) is 5.93. The molecule has 21 heavy (non-hydrogen) atoms. The third kappa shape index (κ3) is 6.01. The van der Waals surface area contributed by atoms with Gasteiger partial charge in [-0.15, -0.1) is 0 Å². The zero-order valence-corrected chi connectivity index (χ0v) is 13.8. The topological polar surface area (TPSA) is 93.1 Å². The molecule has 124 valence electrons. The van der Waals surface area contributed by atoms with Crippen LogP contribution in [0.25, 0.3) is 0 Å². The SMILES string of the molecule is CCCC(O)C(C)C(O)(OC(=O)C(C)C)OC(=O)C(C)C. The van der Waals surface area contributed by atoms with Gasteiger partial charge in [0.05, 0.1) is 23.9 Å². The van der Waals surface area contributed by atoms with E-state index >= 15 is 0 Å². The fraction of sp³-hybridized carbons (Fsp3) is 0.867. The first-order chi connectivity index (χ1) is 9.55. The average Bonchev–Trinajstić information content (AvgIpc) is 2.37. The average molecular weight is 304 g/mol. The molecule has 6 nitrogen and oxygen atoms in total. The van der Waals surface area contributed by atoms with Gasteiger partial charge in [0.1, 0.15) is 0 Å². The van der Waals surface area contributed by atoms with Crippen LogP contribution in [0.15, 0.2) is 0 Å². The van der Waals surface area contributed by atoms with Crippen LogP contribution in [0.1, 0.15) is 54.4 Å². The van der Waals surface area contributed by atoms with Crippen LogP contribution in [-0.2, 0) is 19.1 Å². The van der Waals surface area contributed by atoms with Gasteiger partial charge >= 0.3 is 17.9 Å². The highest BCUT2D eigenvalue weighted by Crippen LogP contribution is 2.28. The van der Waals surface area contributed by atoms with E-state index in [0.29, 0.717) is 12.8 Å². The van der Waals surface area contributed by atoms with E-state index < -0.39 is 41.8 Å². The molecule has 0 aliphatic carbocycles. The van der Waals surface area contributed by atoms with Crippen molar-refractivity contribution in [2.24, 2.45) is 17.8 Å². The van der Waals surface area contributed by atoms with Crippen LogP contribution in [0.2, 0.25) is 0 Å². The molecule has 0 saturated heterocycles. The molecule has 0 amide bonds. The van der Waals surface area contributed by atoms with E-state index in [2.05, 4.69) is 0 Å². The molecule has 2 unspecified atom stereocenters. The summed E-state index contributed by atoms with van der Waals surface area (Å²) in [5.74, 6) is -5.82. The highest BCUT2D eigenvalue weighted by Gasteiger charge is 2.46. The van der Waals surface area contributed by atoms with E-state index in [-0.39, 0.29) is 0 Å². The first-order valence-electron chi connectivity index (χ1n) is 7.41. The lowest BCUT2D eigenvalue weighted by molar-refractivity contribution is -0.359. The second kappa shape index (κ2) is 8.34. The van der Waals surface area contributed by atoms with E-state index in [9.17, 15) is 19.8 Å². The number of aliphatic hydroxyl groups is 2. The van der Waals surface area contributed by atoms with E-state index in [1.165, 1.54) is 6.92 Å². The monoisotopic (exact) mass is 304 g/mol. The van der Waals surface area contributed by atoms with Crippen LogP contribution in [0, 0.1) is 17.8 Å². The molecule has 0 aliphatic heterocycles. The molecule has 0 heterocycles. The fourth-order valence-corrected chi connectivity index (χ4v) is 1.52. The maximum Gasteiger partial charge on any atom is 0.378 e. The second-order valence-electron chi connectivity index (χ2n) is 5.93. The first kappa shape index (κ1) is 19.9. The number of ether oxygens (including phenoxy) is 2. The minimum Gasteiger partial charge on any atom is -0.398 e. The molecule has 0 aromatic rings. The van der Waals surface area contributed by atoms with E-state index in [4.69, 9.17) is 9.47 Å². The van der Waals surface area contributed by atoms with Crippen LogP contribution in [0.5, 0.6) is 0 Å². The first-order valence-corrected chi connectivity index (χ1v) is 7.41. The normalized spacial score (nSPS) is 15.0. The highest BCUT2D eigenvalue weighted by atomic mass is 16.8. The number of aliphatic hydroxyl groups excluding tert-OH is 1. The Balaban J connectivity index is 5.23. The van der Waals surface area contributed by atoms with Crippen molar-refractivity contribution in [2.45, 2.75) is 66.5 Å². The van der Waals surface area contributed by atoms with Crippen LogP contribution in [0.4, 0.5) is 0 Å². The summed E-state index contributed by atoms with van der Waals surface area (Å²) >= 11 is 0. The molecular weight excluding hydrogens is 276 g/mol. The van der Waals surface area contributed by atoms with Crippen molar-refractivity contribution in [1.82, 2.24) is 0 Å². The molecular formula is C15H28O6. The molecule has 2 N–H and O–H groups in total. The maximum atomic E-state index is 11.7. The molecule has 0 aliphatic rings. The summed E-state index contributed by atoms with van der Waals surface area (Å²) in [6, 6.07) is 0. The molecule has 0 radical (unpaired) electrons. The Morgan fingerprint density at radius 3 is 1.67 bits per heavy atom. The van der Waals surface area contributed by atoms with E-state index in [1.807, 2.05) is 6.92 Å². The lowest BCUT2D eigenvalue weighted by Gasteiger charge is -2.35. The molecule has 0 saturated carbocycles. The molecule has 0 aromatic heterocycles. The summed E-state index contributed by atoms with van der Waals surface area (Å²) in [4.78, 5) is 23.5. The Hall–Kier alpha value is -1.14. The lowest BCUT2D eigenvalue weighted by atomic mass is 9.97. The van der Waals surface area contributed by atoms with Crippen molar-refractivity contribution in [2.75, 3.05) is 0 Å². The molecule has 6 heteroatoms. The quantitative estimate of drug-likeness (QED) is 0.525. The van der Waals surface area contributed by atoms with E-state index in [0.717, 1.165) is 0 Å². The van der Waals surface area contributed by atoms with Gasteiger partial charge in [-0.3, -0.25) is 9.59 Å². The van der Waals surface area contributed by atoms with Crippen LogP contribution < -0.4 is 0 Å². The van der Waals surface area contributed by atoms with Crippen LogP contribution in [-0.4, -0.2) is 34.2 Å². The number of carbonyl (C=O) groups excluding carboxylic acids is 2. The van der Waals surface area contributed by atoms with Gasteiger partial charge in [0.2, 0.25) is 0 Å². The van der Waals surface area contributed by atoms with Gasteiger partial charge in [-0.2, -0.15) is 0 Å². The lowest BCUT2D eigenvalue weighted by Crippen LogP contribution is -2.51. The minimum absolute atomic E-state index is 0.391. The van der Waals surface area contributed by atoms with Crippen molar-refractivity contribution in [3.05, 3.63) is 0 Å². The Labute approximate surface area is 126 Å². The maximum absolute atomic E-state index is 11.7. The molecule has 2 atom stereocenters. The summed E-state index contributed by atoms with van der Waals surface area (Å²) in [6.45, 7) is 9.73. The number of carbonyl (C=O) groups is 2. The van der Waals surface area contributed by atoms with Crippen molar-refractivity contribution in [3.8, 4) is 0 Å². The third-order valence-electron chi connectivity index (χ3n) is 3.17. The minimum atomic E-state index is -2.46. The Morgan fingerprint density at radius 2 is 1.38 bits per heavy atom. The van der Waals surface area contributed by atoms with Crippen molar-refractivity contribution in [1.29, 1.82) is 0 Å². The standard InChI is InChI=1S/C15H28O6/c1-7-8-12(16)11(6)15(19,20-13(17)9(2)3)21-14(18)10(4)5/h9-12,16,19H,7-8H2,1-6H3. The summed E-state index contributed by atoms with van der Waals surface area (Å²) < 4.78 is 9.93. The van der Waals surface area contributed by atoms with Crippen molar-refractivity contribution in [3.63, 3.8) is 0 Å². The Morgan fingerprint density at radius 1 is 1.00 bits per heavy atom. The molecule has 0 fully saturated rings. The van der Waals surface area contributed by atoms with Crippen LogP contribution >= 0.6 is 0 Å². The predicted octanol–water partition coefficient (Wildman–Crippen LogP) is 1.83. The number of hydrogen-bond acceptors (Lipinski definition) is 6. The summed E-state index contributed by atoms with van der Waals surface area (Å²) in [6.07, 6.45) is 0.111.